The first-order valence-corrected chi connectivity index (χ1v) is 8.39. The molecule has 1 aromatic rings. The van der Waals surface area contributed by atoms with Crippen molar-refractivity contribution in [2.24, 2.45) is 11.3 Å². The van der Waals surface area contributed by atoms with Crippen LogP contribution in [0.15, 0.2) is 53.1 Å². The normalized spacial score (nSPS) is 19.0. The van der Waals surface area contributed by atoms with Gasteiger partial charge in [-0.25, -0.2) is 0 Å². The monoisotopic (exact) mass is 350 g/mol. The Bertz CT molecular complexity index is 845. The van der Waals surface area contributed by atoms with E-state index in [1.165, 1.54) is 6.08 Å². The predicted octanol–water partition coefficient (Wildman–Crippen LogP) is 3.32. The molecule has 0 bridgehead atoms. The van der Waals surface area contributed by atoms with Gasteiger partial charge in [-0.3, -0.25) is 14.4 Å². The highest BCUT2D eigenvalue weighted by molar-refractivity contribution is 6.15. The number of benzene rings is 1. The van der Waals surface area contributed by atoms with E-state index in [2.05, 4.69) is 11.8 Å². The zero-order valence-electron chi connectivity index (χ0n) is 15.5. The number of allylic oxidation sites excluding steroid dienone is 4. The maximum atomic E-state index is 12.7. The number of aldehydes is 1. The topological polar surface area (TPSA) is 60.4 Å². The Kier molecular flexibility index (Phi) is 5.94. The maximum absolute atomic E-state index is 12.7. The van der Waals surface area contributed by atoms with Crippen molar-refractivity contribution < 1.29 is 19.1 Å². The number of ether oxygens (including phenoxy) is 1. The number of Topliss-reactive ketones (excluding diaryl/α,β-unsaturated/α-hetero) is 2. The van der Waals surface area contributed by atoms with Gasteiger partial charge in [-0.1, -0.05) is 43.9 Å². The van der Waals surface area contributed by atoms with Crippen LogP contribution in [0.3, 0.4) is 0 Å². The van der Waals surface area contributed by atoms with E-state index in [0.29, 0.717) is 28.8 Å². The van der Waals surface area contributed by atoms with Crippen LogP contribution in [0.2, 0.25) is 0 Å². The van der Waals surface area contributed by atoms with Gasteiger partial charge in [-0.05, 0) is 32.1 Å². The van der Waals surface area contributed by atoms with Gasteiger partial charge in [0.05, 0.1) is 5.92 Å². The van der Waals surface area contributed by atoms with Gasteiger partial charge in [0.2, 0.25) is 0 Å². The zero-order valence-corrected chi connectivity index (χ0v) is 15.5. The van der Waals surface area contributed by atoms with E-state index >= 15 is 0 Å². The van der Waals surface area contributed by atoms with Crippen molar-refractivity contribution in [3.8, 4) is 17.6 Å². The average molecular weight is 350 g/mol. The van der Waals surface area contributed by atoms with E-state index in [1.807, 2.05) is 32.0 Å². The van der Waals surface area contributed by atoms with Gasteiger partial charge in [0.25, 0.3) is 0 Å². The van der Waals surface area contributed by atoms with E-state index in [-0.39, 0.29) is 18.2 Å². The Labute approximate surface area is 153 Å². The SMILES string of the molecule is CC1=C(C#C/C(C)=C/C=O)C(C)(C)C(C(=O)COc2ccccc2)C1=O. The molecule has 0 radical (unpaired) electrons. The first-order valence-electron chi connectivity index (χ1n) is 8.39. The molecule has 0 fully saturated rings. The van der Waals surface area contributed by atoms with Gasteiger partial charge in [0, 0.05) is 22.1 Å². The van der Waals surface area contributed by atoms with Gasteiger partial charge in [0.15, 0.2) is 11.6 Å². The molecule has 4 nitrogen and oxygen atoms in total. The maximum Gasteiger partial charge on any atom is 0.181 e. The number of carbonyl (C=O) groups is 3. The Morgan fingerprint density at radius 2 is 1.92 bits per heavy atom. The molecule has 0 spiro atoms. The molecule has 1 atom stereocenters. The lowest BCUT2D eigenvalue weighted by atomic mass is 9.75. The molecule has 2 rings (SSSR count). The van der Waals surface area contributed by atoms with Crippen molar-refractivity contribution in [2.75, 3.05) is 6.61 Å². The van der Waals surface area contributed by atoms with Crippen LogP contribution >= 0.6 is 0 Å². The summed E-state index contributed by atoms with van der Waals surface area (Å²) in [5.74, 6) is 5.16. The third-order valence-corrected chi connectivity index (χ3v) is 4.52. The molecule has 1 unspecified atom stereocenters. The van der Waals surface area contributed by atoms with E-state index in [1.54, 1.807) is 26.0 Å². The summed E-state index contributed by atoms with van der Waals surface area (Å²) in [7, 11) is 0. The number of rotatable bonds is 5. The fourth-order valence-electron chi connectivity index (χ4n) is 3.16. The van der Waals surface area contributed by atoms with Crippen LogP contribution in [0.25, 0.3) is 0 Å². The standard InChI is InChI=1S/C22H22O4/c1-15(12-13-23)10-11-18-16(2)21(25)20(22(18,3)4)19(24)14-26-17-8-6-5-7-9-17/h5-9,12-13,20H,14H2,1-4H3/b15-12+. The van der Waals surface area contributed by atoms with Crippen LogP contribution in [0.1, 0.15) is 27.7 Å². The summed E-state index contributed by atoms with van der Waals surface area (Å²) in [6.07, 6.45) is 2.03. The molecule has 4 heteroatoms. The highest BCUT2D eigenvalue weighted by Crippen LogP contribution is 2.45. The summed E-state index contributed by atoms with van der Waals surface area (Å²) in [6, 6.07) is 9.02. The second-order valence-electron chi connectivity index (χ2n) is 6.82. The lowest BCUT2D eigenvalue weighted by molar-refractivity contribution is -0.134. The molecular formula is C22H22O4. The second-order valence-corrected chi connectivity index (χ2v) is 6.82. The molecule has 0 aromatic heterocycles. The van der Waals surface area contributed by atoms with E-state index < -0.39 is 11.3 Å². The zero-order chi connectivity index (χ0) is 19.3. The first kappa shape index (κ1) is 19.4. The highest BCUT2D eigenvalue weighted by Gasteiger charge is 2.49. The number of hydrogen-bond acceptors (Lipinski definition) is 4. The molecule has 1 aliphatic rings. The quantitative estimate of drug-likeness (QED) is 0.354. The summed E-state index contributed by atoms with van der Waals surface area (Å²) in [5.41, 5.74) is 1.02. The largest absolute Gasteiger partial charge is 0.486 e. The molecule has 0 aliphatic heterocycles. The molecule has 0 N–H and O–H groups in total. The minimum Gasteiger partial charge on any atom is -0.486 e. The summed E-state index contributed by atoms with van der Waals surface area (Å²) in [5, 5.41) is 0. The van der Waals surface area contributed by atoms with E-state index in [4.69, 9.17) is 4.74 Å². The molecule has 26 heavy (non-hydrogen) atoms. The predicted molar refractivity (Wildman–Crippen MR) is 99.5 cm³/mol. The first-order chi connectivity index (χ1) is 12.3. The number of ketones is 2. The second kappa shape index (κ2) is 7.97. The van der Waals surface area contributed by atoms with Crippen molar-refractivity contribution in [2.45, 2.75) is 27.7 Å². The van der Waals surface area contributed by atoms with Crippen LogP contribution in [0.5, 0.6) is 5.75 Å². The summed E-state index contributed by atoms with van der Waals surface area (Å²) in [6.45, 7) is 6.93. The smallest absolute Gasteiger partial charge is 0.181 e. The lowest BCUT2D eigenvalue weighted by Crippen LogP contribution is -2.36. The summed E-state index contributed by atoms with van der Waals surface area (Å²) in [4.78, 5) is 35.9. The molecular weight excluding hydrogens is 328 g/mol. The fourth-order valence-corrected chi connectivity index (χ4v) is 3.16. The molecule has 1 aliphatic carbocycles. The molecule has 1 aromatic carbocycles. The van der Waals surface area contributed by atoms with E-state index in [0.717, 1.165) is 0 Å². The molecule has 0 saturated heterocycles. The van der Waals surface area contributed by atoms with Crippen molar-refractivity contribution in [3.63, 3.8) is 0 Å². The van der Waals surface area contributed by atoms with Gasteiger partial charge in [-0.2, -0.15) is 0 Å². The summed E-state index contributed by atoms with van der Waals surface area (Å²) < 4.78 is 5.52. The number of carbonyl (C=O) groups excluding carboxylic acids is 3. The van der Waals surface area contributed by atoms with Crippen LogP contribution in [-0.2, 0) is 14.4 Å². The van der Waals surface area contributed by atoms with Gasteiger partial charge in [-0.15, -0.1) is 0 Å². The Balaban J connectivity index is 2.21. The van der Waals surface area contributed by atoms with Crippen molar-refractivity contribution in [3.05, 3.63) is 53.1 Å². The third-order valence-electron chi connectivity index (χ3n) is 4.52. The lowest BCUT2D eigenvalue weighted by Gasteiger charge is -2.26. The van der Waals surface area contributed by atoms with E-state index in [9.17, 15) is 14.4 Å². The number of para-hydroxylation sites is 1. The minimum absolute atomic E-state index is 0.165. The fraction of sp³-hybridized carbons (Fsp3) is 0.318. The van der Waals surface area contributed by atoms with Crippen LogP contribution in [-0.4, -0.2) is 24.5 Å². The van der Waals surface area contributed by atoms with Crippen LogP contribution in [0, 0.1) is 23.2 Å². The average Bonchev–Trinajstić information content (AvgIpc) is 2.77. The van der Waals surface area contributed by atoms with Gasteiger partial charge >= 0.3 is 0 Å². The number of hydrogen-bond donors (Lipinski definition) is 0. The Hall–Kier alpha value is -2.93. The van der Waals surface area contributed by atoms with Crippen molar-refractivity contribution >= 4 is 17.9 Å². The summed E-state index contributed by atoms with van der Waals surface area (Å²) >= 11 is 0. The van der Waals surface area contributed by atoms with Crippen LogP contribution in [0.4, 0.5) is 0 Å². The van der Waals surface area contributed by atoms with Crippen molar-refractivity contribution in [1.29, 1.82) is 0 Å². The van der Waals surface area contributed by atoms with Crippen molar-refractivity contribution in [1.82, 2.24) is 0 Å². The third kappa shape index (κ3) is 4.00. The molecule has 0 amide bonds. The Morgan fingerprint density at radius 3 is 2.54 bits per heavy atom. The van der Waals surface area contributed by atoms with Gasteiger partial charge < -0.3 is 4.74 Å². The molecule has 134 valence electrons. The molecule has 0 saturated carbocycles. The molecule has 0 heterocycles. The minimum atomic E-state index is -0.814. The highest BCUT2D eigenvalue weighted by atomic mass is 16.5. The Morgan fingerprint density at radius 1 is 1.27 bits per heavy atom. The van der Waals surface area contributed by atoms with Gasteiger partial charge in [0.1, 0.15) is 18.6 Å². The van der Waals surface area contributed by atoms with Crippen LogP contribution < -0.4 is 4.74 Å².